The molecule has 0 saturated carbocycles. The number of aliphatic hydroxyl groups excluding tert-OH is 1. The minimum absolute atomic E-state index is 0.0864. The average molecular weight is 237 g/mol. The summed E-state index contributed by atoms with van der Waals surface area (Å²) in [4.78, 5) is 0. The molecule has 0 spiro atoms. The molecule has 1 aromatic carbocycles. The molecule has 12 heavy (non-hydrogen) atoms. The molecule has 0 radical (unpaired) electrons. The van der Waals surface area contributed by atoms with E-state index in [9.17, 15) is 8.78 Å². The molecular formula is C8H7BrF2O. The topological polar surface area (TPSA) is 20.2 Å². The lowest BCUT2D eigenvalue weighted by Crippen LogP contribution is -1.97. The van der Waals surface area contributed by atoms with Crippen LogP contribution >= 0.6 is 15.9 Å². The highest BCUT2D eigenvalue weighted by Crippen LogP contribution is 2.25. The molecular weight excluding hydrogens is 230 g/mol. The van der Waals surface area contributed by atoms with Crippen LogP contribution in [0.1, 0.15) is 18.6 Å². The first-order valence-electron chi connectivity index (χ1n) is 3.35. The molecule has 0 amide bonds. The highest BCUT2D eigenvalue weighted by atomic mass is 79.9. The van der Waals surface area contributed by atoms with Crippen LogP contribution in [0.25, 0.3) is 0 Å². The Balaban J connectivity index is 3.27. The SMILES string of the molecule is C[C@H](O)c1ccc(F)c(Br)c1F. The van der Waals surface area contributed by atoms with Gasteiger partial charge in [-0.2, -0.15) is 0 Å². The minimum Gasteiger partial charge on any atom is -0.389 e. The van der Waals surface area contributed by atoms with Crippen molar-refractivity contribution in [1.29, 1.82) is 0 Å². The predicted molar refractivity (Wildman–Crippen MR) is 44.7 cm³/mol. The number of hydrogen-bond donors (Lipinski definition) is 1. The zero-order chi connectivity index (χ0) is 9.30. The second kappa shape index (κ2) is 3.49. The molecule has 0 bridgehead atoms. The summed E-state index contributed by atoms with van der Waals surface area (Å²) in [5.41, 5.74) is 0.0864. The highest BCUT2D eigenvalue weighted by molar-refractivity contribution is 9.10. The summed E-state index contributed by atoms with van der Waals surface area (Å²) in [5.74, 6) is -1.41. The number of hydrogen-bond acceptors (Lipinski definition) is 1. The normalized spacial score (nSPS) is 13.1. The van der Waals surface area contributed by atoms with Crippen LogP contribution in [0.4, 0.5) is 8.78 Å². The van der Waals surface area contributed by atoms with Crippen LogP contribution < -0.4 is 0 Å². The Bertz CT molecular complexity index is 299. The summed E-state index contributed by atoms with van der Waals surface area (Å²) in [6.07, 6.45) is -0.929. The molecule has 0 fully saturated rings. The van der Waals surface area contributed by atoms with E-state index in [0.29, 0.717) is 0 Å². The maximum absolute atomic E-state index is 13.1. The predicted octanol–water partition coefficient (Wildman–Crippen LogP) is 2.78. The van der Waals surface area contributed by atoms with Crippen LogP contribution in [0.15, 0.2) is 16.6 Å². The van der Waals surface area contributed by atoms with E-state index in [1.54, 1.807) is 0 Å². The third kappa shape index (κ3) is 1.64. The van der Waals surface area contributed by atoms with Crippen LogP contribution in [0.2, 0.25) is 0 Å². The molecule has 0 unspecified atom stereocenters. The number of rotatable bonds is 1. The van der Waals surface area contributed by atoms with Gasteiger partial charge in [-0.15, -0.1) is 0 Å². The maximum atomic E-state index is 13.1. The van der Waals surface area contributed by atoms with E-state index < -0.39 is 17.7 Å². The fraction of sp³-hybridized carbons (Fsp3) is 0.250. The molecule has 0 aliphatic rings. The molecule has 0 aliphatic carbocycles. The van der Waals surface area contributed by atoms with E-state index in [4.69, 9.17) is 5.11 Å². The van der Waals surface area contributed by atoms with Gasteiger partial charge in [0, 0.05) is 5.56 Å². The molecule has 0 aliphatic heterocycles. The Morgan fingerprint density at radius 1 is 1.42 bits per heavy atom. The summed E-state index contributed by atoms with van der Waals surface area (Å²) in [7, 11) is 0. The van der Waals surface area contributed by atoms with Gasteiger partial charge in [0.1, 0.15) is 11.6 Å². The molecule has 0 saturated heterocycles. The third-order valence-electron chi connectivity index (χ3n) is 1.52. The van der Waals surface area contributed by atoms with E-state index in [-0.39, 0.29) is 10.0 Å². The van der Waals surface area contributed by atoms with Gasteiger partial charge in [-0.25, -0.2) is 8.78 Å². The van der Waals surface area contributed by atoms with Crippen LogP contribution in [-0.4, -0.2) is 5.11 Å². The van der Waals surface area contributed by atoms with Crippen molar-refractivity contribution in [3.63, 3.8) is 0 Å². The highest BCUT2D eigenvalue weighted by Gasteiger charge is 2.13. The molecule has 1 aromatic rings. The summed E-state index contributed by atoms with van der Waals surface area (Å²) in [5, 5.41) is 9.04. The summed E-state index contributed by atoms with van der Waals surface area (Å²) in [6, 6.07) is 2.33. The van der Waals surface area contributed by atoms with Crippen molar-refractivity contribution in [2.24, 2.45) is 0 Å². The van der Waals surface area contributed by atoms with Gasteiger partial charge in [0.25, 0.3) is 0 Å². The third-order valence-corrected chi connectivity index (χ3v) is 2.24. The standard InChI is InChI=1S/C8H7BrF2O/c1-4(12)5-2-3-6(10)7(9)8(5)11/h2-4,12H,1H3/t4-/m0/s1. The Morgan fingerprint density at radius 3 is 2.50 bits per heavy atom. The van der Waals surface area contributed by atoms with Crippen molar-refractivity contribution >= 4 is 15.9 Å². The minimum atomic E-state index is -0.929. The molecule has 1 N–H and O–H groups in total. The molecule has 1 nitrogen and oxygen atoms in total. The lowest BCUT2D eigenvalue weighted by Gasteiger charge is -2.07. The summed E-state index contributed by atoms with van der Waals surface area (Å²) < 4.78 is 25.5. The molecule has 0 aromatic heterocycles. The zero-order valence-corrected chi connectivity index (χ0v) is 7.90. The number of benzene rings is 1. The summed E-state index contributed by atoms with van der Waals surface area (Å²) in [6.45, 7) is 1.42. The van der Waals surface area contributed by atoms with Crippen LogP contribution in [-0.2, 0) is 0 Å². The smallest absolute Gasteiger partial charge is 0.146 e. The first-order valence-corrected chi connectivity index (χ1v) is 4.14. The van der Waals surface area contributed by atoms with Crippen molar-refractivity contribution in [3.05, 3.63) is 33.8 Å². The monoisotopic (exact) mass is 236 g/mol. The van der Waals surface area contributed by atoms with E-state index in [2.05, 4.69) is 15.9 Å². The maximum Gasteiger partial charge on any atom is 0.146 e. The van der Waals surface area contributed by atoms with Gasteiger partial charge in [-0.3, -0.25) is 0 Å². The second-order valence-corrected chi connectivity index (χ2v) is 3.23. The zero-order valence-electron chi connectivity index (χ0n) is 6.31. The fourth-order valence-electron chi connectivity index (χ4n) is 0.863. The van der Waals surface area contributed by atoms with E-state index in [0.717, 1.165) is 6.07 Å². The van der Waals surface area contributed by atoms with Crippen LogP contribution in [0.3, 0.4) is 0 Å². The van der Waals surface area contributed by atoms with Gasteiger partial charge in [0.2, 0.25) is 0 Å². The van der Waals surface area contributed by atoms with E-state index >= 15 is 0 Å². The largest absolute Gasteiger partial charge is 0.389 e. The number of halogens is 3. The molecule has 4 heteroatoms. The Kier molecular flexibility index (Phi) is 2.80. The average Bonchev–Trinajstić information content (AvgIpc) is 2.00. The van der Waals surface area contributed by atoms with Crippen molar-refractivity contribution in [3.8, 4) is 0 Å². The second-order valence-electron chi connectivity index (χ2n) is 2.44. The Hall–Kier alpha value is -0.480. The first kappa shape index (κ1) is 9.61. The Morgan fingerprint density at radius 2 is 2.00 bits per heavy atom. The molecule has 1 rings (SSSR count). The van der Waals surface area contributed by atoms with Gasteiger partial charge < -0.3 is 5.11 Å². The van der Waals surface area contributed by atoms with Gasteiger partial charge >= 0.3 is 0 Å². The van der Waals surface area contributed by atoms with E-state index in [1.807, 2.05) is 0 Å². The molecule has 0 heterocycles. The molecule has 66 valence electrons. The van der Waals surface area contributed by atoms with Gasteiger partial charge in [-0.05, 0) is 28.9 Å². The van der Waals surface area contributed by atoms with Gasteiger partial charge in [0.05, 0.1) is 10.6 Å². The lowest BCUT2D eigenvalue weighted by atomic mass is 10.1. The van der Waals surface area contributed by atoms with Crippen LogP contribution in [0.5, 0.6) is 0 Å². The van der Waals surface area contributed by atoms with Crippen molar-refractivity contribution in [2.75, 3.05) is 0 Å². The lowest BCUT2D eigenvalue weighted by molar-refractivity contribution is 0.193. The van der Waals surface area contributed by atoms with Crippen LogP contribution in [0, 0.1) is 11.6 Å². The Labute approximate surface area is 77.2 Å². The van der Waals surface area contributed by atoms with Gasteiger partial charge in [-0.1, -0.05) is 6.07 Å². The first-order chi connectivity index (χ1) is 5.54. The summed E-state index contributed by atoms with van der Waals surface area (Å²) >= 11 is 2.74. The molecule has 1 atom stereocenters. The fourth-order valence-corrected chi connectivity index (χ4v) is 1.22. The quantitative estimate of drug-likeness (QED) is 0.744. The van der Waals surface area contributed by atoms with E-state index in [1.165, 1.54) is 13.0 Å². The number of aliphatic hydroxyl groups is 1. The van der Waals surface area contributed by atoms with Crippen molar-refractivity contribution < 1.29 is 13.9 Å². The van der Waals surface area contributed by atoms with Gasteiger partial charge in [0.15, 0.2) is 0 Å². The van der Waals surface area contributed by atoms with Crippen molar-refractivity contribution in [1.82, 2.24) is 0 Å². The van der Waals surface area contributed by atoms with Crippen molar-refractivity contribution in [2.45, 2.75) is 13.0 Å².